The Kier molecular flexibility index (Phi) is 9.62. The maximum Gasteiger partial charge on any atom is 0.416 e. The van der Waals surface area contributed by atoms with Gasteiger partial charge in [-0.25, -0.2) is 0 Å². The van der Waals surface area contributed by atoms with Crippen molar-refractivity contribution in [2.75, 3.05) is 38.7 Å². The zero-order chi connectivity index (χ0) is 16.6. The smallest absolute Gasteiger partial charge is 0.416 e. The molecule has 9 heteroatoms. The summed E-state index contributed by atoms with van der Waals surface area (Å²) in [6.07, 6.45) is -4.49. The lowest BCUT2D eigenvalue weighted by Gasteiger charge is -2.15. The second kappa shape index (κ2) is 10.3. The molecule has 2 N–H and O–H groups in total. The first kappa shape index (κ1) is 21.5. The zero-order valence-electron chi connectivity index (χ0n) is 12.8. The van der Waals surface area contributed by atoms with Crippen LogP contribution in [0.1, 0.15) is 12.5 Å². The van der Waals surface area contributed by atoms with Gasteiger partial charge in [0.15, 0.2) is 0 Å². The van der Waals surface area contributed by atoms with Crippen molar-refractivity contribution >= 4 is 24.0 Å². The number of rotatable bonds is 8. The molecule has 0 unspecified atom stereocenters. The Morgan fingerprint density at radius 3 is 2.52 bits per heavy atom. The molecule has 0 atom stereocenters. The first-order valence-corrected chi connectivity index (χ1v) is 6.72. The van der Waals surface area contributed by atoms with Crippen LogP contribution in [0.4, 0.5) is 18.9 Å². The van der Waals surface area contributed by atoms with Crippen molar-refractivity contribution in [2.24, 2.45) is 0 Å². The summed E-state index contributed by atoms with van der Waals surface area (Å²) in [4.78, 5) is 11.7. The molecule has 0 radical (unpaired) electrons. The summed E-state index contributed by atoms with van der Waals surface area (Å²) in [5.74, 6) is -0.285. The maximum atomic E-state index is 12.8. The summed E-state index contributed by atoms with van der Waals surface area (Å²) in [6, 6.07) is 2.94. The number of carbonyl (C=O) groups excluding carboxylic acids is 1. The Labute approximate surface area is 138 Å². The summed E-state index contributed by atoms with van der Waals surface area (Å²) in [5, 5.41) is 5.21. The van der Waals surface area contributed by atoms with Gasteiger partial charge in [0.2, 0.25) is 5.91 Å². The number of alkyl halides is 3. The van der Waals surface area contributed by atoms with E-state index in [9.17, 15) is 18.0 Å². The number of hydrogen-bond acceptors (Lipinski definition) is 4. The van der Waals surface area contributed by atoms with E-state index in [1.165, 1.54) is 13.2 Å². The maximum absolute atomic E-state index is 12.8. The van der Waals surface area contributed by atoms with E-state index in [1.807, 2.05) is 6.92 Å². The van der Waals surface area contributed by atoms with Gasteiger partial charge in [0, 0.05) is 7.11 Å². The highest BCUT2D eigenvalue weighted by molar-refractivity contribution is 5.93. The van der Waals surface area contributed by atoms with Gasteiger partial charge in [0.05, 0.1) is 24.4 Å². The van der Waals surface area contributed by atoms with Crippen molar-refractivity contribution in [1.29, 1.82) is 0 Å². The highest BCUT2D eigenvalue weighted by Crippen LogP contribution is 2.35. The molecule has 0 fully saturated rings. The van der Waals surface area contributed by atoms with E-state index in [0.717, 1.165) is 12.1 Å². The molecule has 0 aromatic heterocycles. The van der Waals surface area contributed by atoms with Crippen molar-refractivity contribution in [1.82, 2.24) is 5.32 Å². The zero-order valence-corrected chi connectivity index (χ0v) is 13.6. The predicted octanol–water partition coefficient (Wildman–Crippen LogP) is 2.70. The third kappa shape index (κ3) is 7.54. The van der Waals surface area contributed by atoms with E-state index < -0.39 is 17.6 Å². The largest absolute Gasteiger partial charge is 0.489 e. The molecule has 0 spiro atoms. The topological polar surface area (TPSA) is 59.6 Å². The average molecular weight is 357 g/mol. The predicted molar refractivity (Wildman–Crippen MR) is 83.2 cm³/mol. The third-order valence-corrected chi connectivity index (χ3v) is 2.66. The summed E-state index contributed by atoms with van der Waals surface area (Å²) in [7, 11) is 1.48. The molecule has 0 aliphatic carbocycles. The fraction of sp³-hybridized carbons (Fsp3) is 0.500. The van der Waals surface area contributed by atoms with Crippen molar-refractivity contribution in [3.8, 4) is 5.75 Å². The minimum Gasteiger partial charge on any atom is -0.489 e. The molecule has 23 heavy (non-hydrogen) atoms. The quantitative estimate of drug-likeness (QED) is 0.703. The van der Waals surface area contributed by atoms with Crippen LogP contribution in [0.25, 0.3) is 0 Å². The molecular weight excluding hydrogens is 337 g/mol. The van der Waals surface area contributed by atoms with Crippen LogP contribution in [0.5, 0.6) is 5.75 Å². The number of benzene rings is 1. The van der Waals surface area contributed by atoms with Crippen LogP contribution in [0, 0.1) is 0 Å². The Bertz CT molecular complexity index is 499. The van der Waals surface area contributed by atoms with E-state index in [4.69, 9.17) is 9.47 Å². The molecule has 132 valence electrons. The summed E-state index contributed by atoms with van der Waals surface area (Å²) in [5.41, 5.74) is -0.876. The van der Waals surface area contributed by atoms with Gasteiger partial charge in [-0.15, -0.1) is 12.4 Å². The third-order valence-electron chi connectivity index (χ3n) is 2.66. The van der Waals surface area contributed by atoms with E-state index in [2.05, 4.69) is 10.6 Å². The average Bonchev–Trinajstić information content (AvgIpc) is 2.45. The van der Waals surface area contributed by atoms with Gasteiger partial charge in [0.1, 0.15) is 12.4 Å². The summed E-state index contributed by atoms with van der Waals surface area (Å²) in [6.45, 7) is 2.85. The van der Waals surface area contributed by atoms with Crippen molar-refractivity contribution in [3.05, 3.63) is 23.8 Å². The van der Waals surface area contributed by atoms with Gasteiger partial charge in [0.25, 0.3) is 0 Å². The number of nitrogens with one attached hydrogen (secondary N) is 2. The van der Waals surface area contributed by atoms with Gasteiger partial charge in [-0.3, -0.25) is 4.79 Å². The lowest BCUT2D eigenvalue weighted by molar-refractivity contribution is -0.137. The molecule has 1 aromatic rings. The fourth-order valence-electron chi connectivity index (χ4n) is 1.60. The summed E-state index contributed by atoms with van der Waals surface area (Å²) < 4.78 is 48.4. The molecule has 1 rings (SSSR count). The minimum absolute atomic E-state index is 0. The number of carbonyl (C=O) groups is 1. The van der Waals surface area contributed by atoms with Crippen molar-refractivity contribution in [3.63, 3.8) is 0 Å². The molecule has 0 aliphatic rings. The Balaban J connectivity index is 0.00000484. The van der Waals surface area contributed by atoms with Gasteiger partial charge in [-0.2, -0.15) is 13.2 Å². The fourth-order valence-corrected chi connectivity index (χ4v) is 1.60. The van der Waals surface area contributed by atoms with Crippen molar-refractivity contribution in [2.45, 2.75) is 13.1 Å². The van der Waals surface area contributed by atoms with E-state index in [1.54, 1.807) is 0 Å². The van der Waals surface area contributed by atoms with E-state index in [0.29, 0.717) is 6.54 Å². The number of methoxy groups -OCH3 is 1. The van der Waals surface area contributed by atoms with Crippen LogP contribution in [0.2, 0.25) is 0 Å². The number of likely N-dealkylation sites (N-methyl/N-ethyl adjacent to an activating group) is 1. The second-order valence-electron chi connectivity index (χ2n) is 4.38. The van der Waals surface area contributed by atoms with Gasteiger partial charge < -0.3 is 20.1 Å². The number of ether oxygens (including phenoxy) is 2. The second-order valence-corrected chi connectivity index (χ2v) is 4.38. The Morgan fingerprint density at radius 1 is 1.26 bits per heavy atom. The molecule has 1 aromatic carbocycles. The number of hydrogen-bond donors (Lipinski definition) is 2. The molecule has 0 heterocycles. The van der Waals surface area contributed by atoms with E-state index >= 15 is 0 Å². The van der Waals surface area contributed by atoms with Crippen LogP contribution in [-0.4, -0.2) is 39.3 Å². The monoisotopic (exact) mass is 356 g/mol. The SMILES string of the molecule is CCNCC(=O)Nc1cc(C(F)(F)F)ccc1OCCOC.Cl. The van der Waals surface area contributed by atoms with Crippen LogP contribution in [-0.2, 0) is 15.7 Å². The highest BCUT2D eigenvalue weighted by atomic mass is 35.5. The lowest BCUT2D eigenvalue weighted by Crippen LogP contribution is -2.28. The molecular formula is C14H20ClF3N2O3. The normalized spacial score (nSPS) is 10.8. The standard InChI is InChI=1S/C14H19F3N2O3.ClH/c1-3-18-9-13(20)19-11-8-10(14(15,16)17)4-5-12(11)22-7-6-21-2;/h4-5,8,18H,3,6-7,9H2,1-2H3,(H,19,20);1H. The van der Waals surface area contributed by atoms with Crippen LogP contribution >= 0.6 is 12.4 Å². The molecule has 5 nitrogen and oxygen atoms in total. The minimum atomic E-state index is -4.49. The molecule has 0 bridgehead atoms. The van der Waals surface area contributed by atoms with Gasteiger partial charge in [-0.1, -0.05) is 6.92 Å². The van der Waals surface area contributed by atoms with Crippen molar-refractivity contribution < 1.29 is 27.4 Å². The Hall–Kier alpha value is -1.51. The summed E-state index contributed by atoms with van der Waals surface area (Å²) >= 11 is 0. The highest BCUT2D eigenvalue weighted by Gasteiger charge is 2.31. The number of amides is 1. The molecule has 1 amide bonds. The molecule has 0 saturated heterocycles. The molecule has 0 aliphatic heterocycles. The van der Waals surface area contributed by atoms with Gasteiger partial charge in [-0.05, 0) is 24.7 Å². The van der Waals surface area contributed by atoms with E-state index in [-0.39, 0.29) is 43.6 Å². The first-order valence-electron chi connectivity index (χ1n) is 6.72. The van der Waals surface area contributed by atoms with Crippen LogP contribution in [0.3, 0.4) is 0 Å². The van der Waals surface area contributed by atoms with Gasteiger partial charge >= 0.3 is 6.18 Å². The molecule has 0 saturated carbocycles. The van der Waals surface area contributed by atoms with Crippen LogP contribution in [0.15, 0.2) is 18.2 Å². The first-order chi connectivity index (χ1) is 10.4. The Morgan fingerprint density at radius 2 is 1.96 bits per heavy atom. The number of anilines is 1. The number of halogens is 4. The van der Waals surface area contributed by atoms with Crippen LogP contribution < -0.4 is 15.4 Å². The lowest BCUT2D eigenvalue weighted by atomic mass is 10.1.